The summed E-state index contributed by atoms with van der Waals surface area (Å²) >= 11 is 0. The standard InChI is InChI=1S/C13H20N4O3/c1-19-8-13(4-6-14-7-5-13)11(18)15-12-17-16-10(20-12)9-2-3-9/h9,14H,2-8H2,1H3,(H,15,17,18). The molecule has 1 aromatic heterocycles. The molecule has 110 valence electrons. The third-order valence-electron chi connectivity index (χ3n) is 4.05. The van der Waals surface area contributed by atoms with E-state index in [4.69, 9.17) is 9.15 Å². The number of rotatable bonds is 5. The number of piperidine rings is 1. The molecule has 3 rings (SSSR count). The fourth-order valence-electron chi connectivity index (χ4n) is 2.63. The number of anilines is 1. The monoisotopic (exact) mass is 280 g/mol. The molecule has 1 aromatic rings. The highest BCUT2D eigenvalue weighted by molar-refractivity contribution is 5.93. The molecule has 1 saturated carbocycles. The molecule has 20 heavy (non-hydrogen) atoms. The molecule has 2 fully saturated rings. The Hall–Kier alpha value is -1.47. The van der Waals surface area contributed by atoms with Crippen molar-refractivity contribution in [1.82, 2.24) is 15.5 Å². The summed E-state index contributed by atoms with van der Waals surface area (Å²) in [6.07, 6.45) is 3.68. The molecule has 0 aromatic carbocycles. The molecule has 2 heterocycles. The maximum absolute atomic E-state index is 12.5. The van der Waals surface area contributed by atoms with E-state index in [1.807, 2.05) is 0 Å². The van der Waals surface area contributed by atoms with Gasteiger partial charge in [0.1, 0.15) is 0 Å². The van der Waals surface area contributed by atoms with E-state index in [9.17, 15) is 4.79 Å². The third-order valence-corrected chi connectivity index (χ3v) is 4.05. The first-order valence-electron chi connectivity index (χ1n) is 7.08. The van der Waals surface area contributed by atoms with Crippen LogP contribution in [0.3, 0.4) is 0 Å². The minimum absolute atomic E-state index is 0.0909. The molecule has 0 radical (unpaired) electrons. The van der Waals surface area contributed by atoms with Crippen LogP contribution < -0.4 is 10.6 Å². The first-order chi connectivity index (χ1) is 9.73. The van der Waals surface area contributed by atoms with Gasteiger partial charge < -0.3 is 14.5 Å². The van der Waals surface area contributed by atoms with Crippen molar-refractivity contribution in [2.75, 3.05) is 32.1 Å². The van der Waals surface area contributed by atoms with Crippen LogP contribution >= 0.6 is 0 Å². The van der Waals surface area contributed by atoms with Gasteiger partial charge in [-0.05, 0) is 38.8 Å². The van der Waals surface area contributed by atoms with E-state index in [0.717, 1.165) is 38.8 Å². The molecule has 1 aliphatic carbocycles. The van der Waals surface area contributed by atoms with Crippen molar-refractivity contribution in [1.29, 1.82) is 0 Å². The summed E-state index contributed by atoms with van der Waals surface area (Å²) in [6.45, 7) is 2.03. The van der Waals surface area contributed by atoms with Crippen LogP contribution in [0.5, 0.6) is 0 Å². The van der Waals surface area contributed by atoms with Gasteiger partial charge in [-0.25, -0.2) is 0 Å². The Balaban J connectivity index is 1.68. The Bertz CT molecular complexity index is 472. The Kier molecular flexibility index (Phi) is 3.71. The molecule has 2 aliphatic rings. The van der Waals surface area contributed by atoms with Crippen molar-refractivity contribution in [3.63, 3.8) is 0 Å². The van der Waals surface area contributed by atoms with Gasteiger partial charge in [-0.3, -0.25) is 10.1 Å². The summed E-state index contributed by atoms with van der Waals surface area (Å²) in [5.74, 6) is 0.929. The second-order valence-corrected chi connectivity index (χ2v) is 5.64. The van der Waals surface area contributed by atoms with Crippen molar-refractivity contribution in [2.24, 2.45) is 5.41 Å². The zero-order valence-corrected chi connectivity index (χ0v) is 11.6. The van der Waals surface area contributed by atoms with E-state index in [-0.39, 0.29) is 11.9 Å². The number of methoxy groups -OCH3 is 1. The molecule has 2 N–H and O–H groups in total. The SMILES string of the molecule is COCC1(C(=O)Nc2nnc(C3CC3)o2)CCNCC1. The summed E-state index contributed by atoms with van der Waals surface area (Å²) in [5, 5.41) is 13.9. The number of carbonyl (C=O) groups excluding carboxylic acids is 1. The Morgan fingerprint density at radius 2 is 2.20 bits per heavy atom. The van der Waals surface area contributed by atoms with E-state index in [1.54, 1.807) is 7.11 Å². The Labute approximate surface area is 117 Å². The highest BCUT2D eigenvalue weighted by Gasteiger charge is 2.40. The molecular weight excluding hydrogens is 260 g/mol. The molecule has 1 aliphatic heterocycles. The predicted octanol–water partition coefficient (Wildman–Crippen LogP) is 0.902. The van der Waals surface area contributed by atoms with Crippen molar-refractivity contribution < 1.29 is 13.9 Å². The van der Waals surface area contributed by atoms with Crippen LogP contribution in [0.2, 0.25) is 0 Å². The van der Waals surface area contributed by atoms with E-state index in [2.05, 4.69) is 20.8 Å². The zero-order valence-electron chi connectivity index (χ0n) is 11.6. The summed E-state index contributed by atoms with van der Waals surface area (Å²) in [5.41, 5.74) is -0.506. The smallest absolute Gasteiger partial charge is 0.322 e. The van der Waals surface area contributed by atoms with Gasteiger partial charge in [0.05, 0.1) is 12.0 Å². The lowest BCUT2D eigenvalue weighted by Gasteiger charge is -2.34. The number of amides is 1. The first-order valence-corrected chi connectivity index (χ1v) is 7.08. The minimum Gasteiger partial charge on any atom is -0.408 e. The van der Waals surface area contributed by atoms with Crippen LogP contribution in [-0.2, 0) is 9.53 Å². The number of hydrogen-bond donors (Lipinski definition) is 2. The van der Waals surface area contributed by atoms with Crippen LogP contribution in [0.4, 0.5) is 6.01 Å². The van der Waals surface area contributed by atoms with Gasteiger partial charge in [0.25, 0.3) is 0 Å². The average Bonchev–Trinajstić information content (AvgIpc) is 3.21. The zero-order chi connectivity index (χ0) is 14.0. The van der Waals surface area contributed by atoms with Gasteiger partial charge >= 0.3 is 6.01 Å². The lowest BCUT2D eigenvalue weighted by molar-refractivity contribution is -0.130. The van der Waals surface area contributed by atoms with Crippen molar-refractivity contribution >= 4 is 11.9 Å². The molecule has 0 bridgehead atoms. The minimum atomic E-state index is -0.506. The van der Waals surface area contributed by atoms with E-state index in [1.165, 1.54) is 0 Å². The fraction of sp³-hybridized carbons (Fsp3) is 0.769. The molecule has 1 saturated heterocycles. The van der Waals surface area contributed by atoms with Crippen LogP contribution in [0.1, 0.15) is 37.5 Å². The summed E-state index contributed by atoms with van der Waals surface area (Å²) in [6, 6.07) is 0.200. The fourth-order valence-corrected chi connectivity index (χ4v) is 2.63. The number of ether oxygens (including phenoxy) is 1. The van der Waals surface area contributed by atoms with Crippen LogP contribution in [-0.4, -0.2) is 42.9 Å². The van der Waals surface area contributed by atoms with Gasteiger partial charge in [-0.1, -0.05) is 5.10 Å². The first kappa shape index (κ1) is 13.5. The number of carbonyl (C=O) groups is 1. The van der Waals surface area contributed by atoms with Gasteiger partial charge in [-0.2, -0.15) is 0 Å². The number of aromatic nitrogens is 2. The summed E-state index contributed by atoms with van der Waals surface area (Å²) < 4.78 is 10.7. The average molecular weight is 280 g/mol. The van der Waals surface area contributed by atoms with E-state index in [0.29, 0.717) is 18.4 Å². The van der Waals surface area contributed by atoms with E-state index >= 15 is 0 Å². The summed E-state index contributed by atoms with van der Waals surface area (Å²) in [7, 11) is 1.62. The van der Waals surface area contributed by atoms with Crippen LogP contribution in [0.15, 0.2) is 4.42 Å². The molecule has 7 nitrogen and oxygen atoms in total. The quantitative estimate of drug-likeness (QED) is 0.833. The molecule has 0 spiro atoms. The van der Waals surface area contributed by atoms with Crippen LogP contribution in [0, 0.1) is 5.41 Å². The van der Waals surface area contributed by atoms with Crippen molar-refractivity contribution in [3.05, 3.63) is 5.89 Å². The third kappa shape index (κ3) is 2.69. The second kappa shape index (κ2) is 5.49. The normalized spacial score (nSPS) is 21.6. The number of nitrogens with one attached hydrogen (secondary N) is 2. The van der Waals surface area contributed by atoms with Gasteiger partial charge in [0.15, 0.2) is 0 Å². The molecule has 0 atom stereocenters. The van der Waals surface area contributed by atoms with Crippen LogP contribution in [0.25, 0.3) is 0 Å². The lowest BCUT2D eigenvalue weighted by atomic mass is 9.79. The number of nitrogens with zero attached hydrogens (tertiary/aromatic N) is 2. The molecular formula is C13H20N4O3. The Morgan fingerprint density at radius 3 is 2.85 bits per heavy atom. The van der Waals surface area contributed by atoms with Gasteiger partial charge in [-0.15, -0.1) is 5.10 Å². The maximum atomic E-state index is 12.5. The highest BCUT2D eigenvalue weighted by Crippen LogP contribution is 2.39. The predicted molar refractivity (Wildman–Crippen MR) is 71.3 cm³/mol. The maximum Gasteiger partial charge on any atom is 0.322 e. The molecule has 1 amide bonds. The van der Waals surface area contributed by atoms with E-state index < -0.39 is 5.41 Å². The molecule has 7 heteroatoms. The van der Waals surface area contributed by atoms with Gasteiger partial charge in [0.2, 0.25) is 11.8 Å². The highest BCUT2D eigenvalue weighted by atomic mass is 16.5. The van der Waals surface area contributed by atoms with Crippen molar-refractivity contribution in [3.8, 4) is 0 Å². The largest absolute Gasteiger partial charge is 0.408 e. The van der Waals surface area contributed by atoms with Gasteiger partial charge in [0, 0.05) is 13.0 Å². The lowest BCUT2D eigenvalue weighted by Crippen LogP contribution is -2.47. The molecule has 0 unspecified atom stereocenters. The Morgan fingerprint density at radius 1 is 1.45 bits per heavy atom. The van der Waals surface area contributed by atoms with Crippen molar-refractivity contribution in [2.45, 2.75) is 31.6 Å². The summed E-state index contributed by atoms with van der Waals surface area (Å²) in [4.78, 5) is 12.5. The second-order valence-electron chi connectivity index (χ2n) is 5.64. The topological polar surface area (TPSA) is 89.3 Å². The number of hydrogen-bond acceptors (Lipinski definition) is 6.